The number of alkyl halides is 3. The molecule has 12 nitrogen and oxygen atoms in total. The fourth-order valence-electron chi connectivity index (χ4n) is 4.60. The van der Waals surface area contributed by atoms with E-state index >= 15 is 0 Å². The number of nitrogens with zero attached hydrogens (tertiary/aromatic N) is 5. The molecule has 1 fully saturated rings. The number of halogens is 3. The van der Waals surface area contributed by atoms with Crippen LogP contribution < -0.4 is 20.9 Å². The van der Waals surface area contributed by atoms with Crippen molar-refractivity contribution in [1.29, 1.82) is 0 Å². The molecule has 1 aromatic carbocycles. The van der Waals surface area contributed by atoms with Crippen molar-refractivity contribution in [2.45, 2.75) is 32.6 Å². The average molecular weight is 634 g/mol. The number of aromatic nitrogens is 3. The molecule has 0 spiro atoms. The van der Waals surface area contributed by atoms with Crippen LogP contribution in [0, 0.1) is 6.92 Å². The molecule has 3 aromatic rings. The van der Waals surface area contributed by atoms with E-state index in [0.29, 0.717) is 75.6 Å². The SMILES string of the molecule is Cc1cn(Cc2ccncc2)c(=O)n(CCCN2CCN(c3ccccc3OCC(F)(F)F)CC2)c1=O.O=C(O)/C=C/C(=O)O. The van der Waals surface area contributed by atoms with Crippen molar-refractivity contribution in [1.82, 2.24) is 19.0 Å². The van der Waals surface area contributed by atoms with E-state index in [1.807, 2.05) is 17.0 Å². The van der Waals surface area contributed by atoms with Crippen molar-refractivity contribution < 1.29 is 37.7 Å². The first kappa shape index (κ1) is 34.6. The van der Waals surface area contributed by atoms with Gasteiger partial charge in [0.2, 0.25) is 0 Å². The molecule has 242 valence electrons. The molecular formula is C30H34F3N5O7. The van der Waals surface area contributed by atoms with Crippen molar-refractivity contribution in [3.8, 4) is 5.75 Å². The maximum absolute atomic E-state index is 13.0. The largest absolute Gasteiger partial charge is 0.482 e. The van der Waals surface area contributed by atoms with E-state index in [-0.39, 0.29) is 17.0 Å². The molecule has 2 N–H and O–H groups in total. The Hall–Kier alpha value is -4.92. The molecule has 0 amide bonds. The monoisotopic (exact) mass is 633 g/mol. The predicted octanol–water partition coefficient (Wildman–Crippen LogP) is 2.63. The summed E-state index contributed by atoms with van der Waals surface area (Å²) in [5, 5.41) is 15.6. The minimum Gasteiger partial charge on any atom is -0.482 e. The fraction of sp³-hybridized carbons (Fsp3) is 0.367. The molecule has 1 aliphatic heterocycles. The number of para-hydroxylation sites is 2. The van der Waals surface area contributed by atoms with Crippen LogP contribution in [0.4, 0.5) is 18.9 Å². The van der Waals surface area contributed by atoms with Gasteiger partial charge in [-0.25, -0.2) is 14.4 Å². The van der Waals surface area contributed by atoms with E-state index < -0.39 is 24.7 Å². The highest BCUT2D eigenvalue weighted by Gasteiger charge is 2.29. The van der Waals surface area contributed by atoms with Gasteiger partial charge in [-0.2, -0.15) is 13.2 Å². The third-order valence-electron chi connectivity index (χ3n) is 6.70. The van der Waals surface area contributed by atoms with Crippen LogP contribution in [0.2, 0.25) is 0 Å². The van der Waals surface area contributed by atoms with Gasteiger partial charge >= 0.3 is 23.8 Å². The van der Waals surface area contributed by atoms with E-state index in [1.54, 1.807) is 54.3 Å². The van der Waals surface area contributed by atoms with Crippen LogP contribution in [0.1, 0.15) is 17.5 Å². The second-order valence-corrected chi connectivity index (χ2v) is 10.1. The molecule has 0 radical (unpaired) electrons. The Bertz CT molecular complexity index is 1570. The van der Waals surface area contributed by atoms with Crippen molar-refractivity contribution >= 4 is 17.6 Å². The van der Waals surface area contributed by atoms with Crippen LogP contribution in [0.3, 0.4) is 0 Å². The lowest BCUT2D eigenvalue weighted by Crippen LogP contribution is -2.47. The number of aryl methyl sites for hydroxylation is 1. The van der Waals surface area contributed by atoms with Crippen molar-refractivity contribution in [2.75, 3.05) is 44.2 Å². The maximum atomic E-state index is 13.0. The second-order valence-electron chi connectivity index (χ2n) is 10.1. The number of rotatable bonds is 11. The summed E-state index contributed by atoms with van der Waals surface area (Å²) in [4.78, 5) is 53.0. The standard InChI is InChI=1S/C26H30F3N5O3.C4H4O4/c1-20-17-33(18-21-7-9-30-10-8-21)25(36)34(24(20)35)12-4-11-31-13-15-32(16-14-31)22-5-2-3-6-23(22)37-19-26(27,28)29;5-3(6)1-2-4(7)8/h2-3,5-10,17H,4,11-16,18-19H2,1H3;1-2H,(H,5,6)(H,7,8)/b;2-1+. The quantitative estimate of drug-likeness (QED) is 0.302. The van der Waals surface area contributed by atoms with Crippen LogP contribution in [0.5, 0.6) is 5.75 Å². The maximum Gasteiger partial charge on any atom is 0.422 e. The summed E-state index contributed by atoms with van der Waals surface area (Å²) in [6.45, 7) is 4.44. The first-order valence-corrected chi connectivity index (χ1v) is 13.9. The molecule has 0 bridgehead atoms. The summed E-state index contributed by atoms with van der Waals surface area (Å²) >= 11 is 0. The molecule has 0 atom stereocenters. The highest BCUT2D eigenvalue weighted by molar-refractivity contribution is 5.89. The predicted molar refractivity (Wildman–Crippen MR) is 159 cm³/mol. The van der Waals surface area contributed by atoms with Gasteiger partial charge in [-0.1, -0.05) is 12.1 Å². The molecular weight excluding hydrogens is 599 g/mol. The van der Waals surface area contributed by atoms with Gasteiger partial charge in [-0.3, -0.25) is 23.8 Å². The lowest BCUT2D eigenvalue weighted by atomic mass is 10.2. The second kappa shape index (κ2) is 16.2. The van der Waals surface area contributed by atoms with Crippen LogP contribution >= 0.6 is 0 Å². The fourth-order valence-corrected chi connectivity index (χ4v) is 4.60. The molecule has 3 heterocycles. The first-order valence-electron chi connectivity index (χ1n) is 13.9. The highest BCUT2D eigenvalue weighted by atomic mass is 19.4. The van der Waals surface area contributed by atoms with Gasteiger partial charge in [0.25, 0.3) is 5.56 Å². The van der Waals surface area contributed by atoms with E-state index in [0.717, 1.165) is 5.56 Å². The zero-order valence-corrected chi connectivity index (χ0v) is 24.5. The van der Waals surface area contributed by atoms with Gasteiger partial charge in [0.15, 0.2) is 6.61 Å². The number of aliphatic carboxylic acids is 2. The average Bonchev–Trinajstić information content (AvgIpc) is 3.00. The van der Waals surface area contributed by atoms with Crippen molar-refractivity contribution in [2.24, 2.45) is 0 Å². The molecule has 1 aliphatic rings. The van der Waals surface area contributed by atoms with E-state index in [9.17, 15) is 32.3 Å². The van der Waals surface area contributed by atoms with E-state index in [2.05, 4.69) is 9.88 Å². The molecule has 1 saturated heterocycles. The molecule has 15 heteroatoms. The Labute approximate surface area is 256 Å². The minimum atomic E-state index is -4.40. The van der Waals surface area contributed by atoms with E-state index in [1.165, 1.54) is 4.57 Å². The minimum absolute atomic E-state index is 0.218. The van der Waals surface area contributed by atoms with Crippen LogP contribution in [-0.2, 0) is 22.7 Å². The summed E-state index contributed by atoms with van der Waals surface area (Å²) in [5.74, 6) is -2.30. The summed E-state index contributed by atoms with van der Waals surface area (Å²) in [5.41, 5.74) is 1.45. The van der Waals surface area contributed by atoms with Gasteiger partial charge in [0.1, 0.15) is 5.75 Å². The van der Waals surface area contributed by atoms with Crippen LogP contribution in [0.15, 0.2) is 76.7 Å². The van der Waals surface area contributed by atoms with Gasteiger partial charge in [0, 0.05) is 69.0 Å². The molecule has 0 aliphatic carbocycles. The first-order chi connectivity index (χ1) is 21.3. The van der Waals surface area contributed by atoms with Gasteiger partial charge in [0.05, 0.1) is 12.2 Å². The zero-order chi connectivity index (χ0) is 33.0. The number of carboxylic acids is 2. The number of hydrogen-bond donors (Lipinski definition) is 2. The smallest absolute Gasteiger partial charge is 0.422 e. The molecule has 4 rings (SSSR count). The third-order valence-corrected chi connectivity index (χ3v) is 6.70. The van der Waals surface area contributed by atoms with Gasteiger partial charge < -0.3 is 19.8 Å². The van der Waals surface area contributed by atoms with Gasteiger partial charge in [-0.05, 0) is 49.7 Å². The molecule has 2 aromatic heterocycles. The Balaban J connectivity index is 0.000000610. The molecule has 0 saturated carbocycles. The van der Waals surface area contributed by atoms with Crippen molar-refractivity contribution in [3.05, 3.63) is 99.1 Å². The number of carbonyl (C=O) groups is 2. The summed E-state index contributed by atoms with van der Waals surface area (Å²) in [7, 11) is 0. The molecule has 45 heavy (non-hydrogen) atoms. The lowest BCUT2D eigenvalue weighted by molar-refractivity contribution is -0.153. The third kappa shape index (κ3) is 11.3. The summed E-state index contributed by atoms with van der Waals surface area (Å²) in [6.07, 6.45) is 2.27. The van der Waals surface area contributed by atoms with Crippen LogP contribution in [0.25, 0.3) is 0 Å². The van der Waals surface area contributed by atoms with Gasteiger partial charge in [-0.15, -0.1) is 0 Å². The Morgan fingerprint density at radius 1 is 0.956 bits per heavy atom. The Morgan fingerprint density at radius 2 is 1.58 bits per heavy atom. The van der Waals surface area contributed by atoms with E-state index in [4.69, 9.17) is 14.9 Å². The topological polar surface area (TPSA) is 147 Å². The Morgan fingerprint density at radius 3 is 2.18 bits per heavy atom. The molecule has 0 unspecified atom stereocenters. The summed E-state index contributed by atoms with van der Waals surface area (Å²) < 4.78 is 45.7. The number of piperazine rings is 1. The zero-order valence-electron chi connectivity index (χ0n) is 24.5. The van der Waals surface area contributed by atoms with Crippen LogP contribution in [-0.4, -0.2) is 86.7 Å². The number of hydrogen-bond acceptors (Lipinski definition) is 8. The summed E-state index contributed by atoms with van der Waals surface area (Å²) in [6, 6.07) is 10.4. The number of ether oxygens (including phenoxy) is 1. The number of carboxylic acid groups (broad SMARTS) is 2. The number of benzene rings is 1. The Kier molecular flexibility index (Phi) is 12.5. The normalized spacial score (nSPS) is 13.7. The highest BCUT2D eigenvalue weighted by Crippen LogP contribution is 2.30. The lowest BCUT2D eigenvalue weighted by Gasteiger charge is -2.36. The number of pyridine rings is 1. The van der Waals surface area contributed by atoms with Crippen molar-refractivity contribution in [3.63, 3.8) is 0 Å². The number of anilines is 1.